The molecule has 0 aliphatic carbocycles. The van der Waals surface area contributed by atoms with E-state index in [1.165, 1.54) is 0 Å². The van der Waals surface area contributed by atoms with Gasteiger partial charge in [0.1, 0.15) is 0 Å². The highest BCUT2D eigenvalue weighted by atomic mass is 32.1. The maximum atomic E-state index is 12.4. The molecule has 118 valence electrons. The van der Waals surface area contributed by atoms with Crippen molar-refractivity contribution in [2.75, 3.05) is 0 Å². The Bertz CT molecular complexity index is 807. The summed E-state index contributed by atoms with van der Waals surface area (Å²) >= 11 is 5.24. The monoisotopic (exact) mass is 319 g/mol. The minimum absolute atomic E-state index is 0.110. The summed E-state index contributed by atoms with van der Waals surface area (Å²) in [4.78, 5) is 27.6. The Morgan fingerprint density at radius 2 is 2.14 bits per heavy atom. The Hall–Kier alpha value is -1.95. The van der Waals surface area contributed by atoms with Gasteiger partial charge < -0.3 is 10.3 Å². The topological polar surface area (TPSA) is 66.9 Å². The lowest BCUT2D eigenvalue weighted by Crippen LogP contribution is -2.32. The zero-order chi connectivity index (χ0) is 16.3. The molecule has 2 aromatic rings. The average molecular weight is 319 g/mol. The van der Waals surface area contributed by atoms with E-state index in [9.17, 15) is 9.59 Å². The molecule has 0 spiro atoms. The molecule has 2 N–H and O–H groups in total. The van der Waals surface area contributed by atoms with Gasteiger partial charge >= 0.3 is 0 Å². The summed E-state index contributed by atoms with van der Waals surface area (Å²) in [6.07, 6.45) is 1.70. The Morgan fingerprint density at radius 3 is 2.77 bits per heavy atom. The third-order valence-corrected chi connectivity index (χ3v) is 4.00. The summed E-state index contributed by atoms with van der Waals surface area (Å²) in [5.74, 6) is -0.145. The summed E-state index contributed by atoms with van der Waals surface area (Å²) in [7, 11) is 0. The van der Waals surface area contributed by atoms with Gasteiger partial charge in [-0.15, -0.1) is 0 Å². The van der Waals surface area contributed by atoms with Gasteiger partial charge in [0.2, 0.25) is 0 Å². The van der Waals surface area contributed by atoms with Gasteiger partial charge in [-0.3, -0.25) is 14.2 Å². The molecule has 0 aliphatic heterocycles. The first-order valence-electron chi connectivity index (χ1n) is 7.55. The molecule has 1 atom stereocenters. The van der Waals surface area contributed by atoms with E-state index in [1.807, 2.05) is 20.8 Å². The van der Waals surface area contributed by atoms with Crippen LogP contribution in [0.5, 0.6) is 0 Å². The average Bonchev–Trinajstić information content (AvgIpc) is 2.50. The number of rotatable bonds is 5. The predicted molar refractivity (Wildman–Crippen MR) is 90.9 cm³/mol. The molecule has 6 heteroatoms. The summed E-state index contributed by atoms with van der Waals surface area (Å²) in [6, 6.07) is 5.15. The van der Waals surface area contributed by atoms with Gasteiger partial charge in [-0.1, -0.05) is 13.8 Å². The van der Waals surface area contributed by atoms with E-state index in [0.717, 1.165) is 12.8 Å². The summed E-state index contributed by atoms with van der Waals surface area (Å²) in [6.45, 7) is 6.54. The lowest BCUT2D eigenvalue weighted by molar-refractivity contribution is 0.0939. The number of carbonyl (C=O) groups is 1. The van der Waals surface area contributed by atoms with Crippen LogP contribution in [0.15, 0.2) is 23.0 Å². The highest BCUT2D eigenvalue weighted by Gasteiger charge is 2.11. The van der Waals surface area contributed by atoms with Crippen LogP contribution in [-0.2, 0) is 6.54 Å². The Kier molecular flexibility index (Phi) is 5.13. The molecule has 0 saturated heterocycles. The van der Waals surface area contributed by atoms with Crippen molar-refractivity contribution in [3.63, 3.8) is 0 Å². The van der Waals surface area contributed by atoms with Crippen LogP contribution < -0.4 is 10.9 Å². The molecule has 1 aromatic carbocycles. The second-order valence-electron chi connectivity index (χ2n) is 5.43. The summed E-state index contributed by atoms with van der Waals surface area (Å²) in [5.41, 5.74) is 1.000. The minimum atomic E-state index is -0.145. The number of nitrogens with zero attached hydrogens (tertiary/aromatic N) is 1. The third-order valence-electron chi connectivity index (χ3n) is 3.68. The molecule has 1 unspecified atom stereocenters. The number of benzene rings is 1. The van der Waals surface area contributed by atoms with Crippen LogP contribution in [0.3, 0.4) is 0 Å². The lowest BCUT2D eigenvalue weighted by Gasteiger charge is -2.12. The Labute approximate surface area is 134 Å². The fourth-order valence-electron chi connectivity index (χ4n) is 2.23. The van der Waals surface area contributed by atoms with Crippen LogP contribution in [0.2, 0.25) is 0 Å². The van der Waals surface area contributed by atoms with Crippen LogP contribution in [0.25, 0.3) is 10.9 Å². The largest absolute Gasteiger partial charge is 0.350 e. The number of H-pyrrole nitrogens is 1. The standard InChI is InChI=1S/C16H21N3O2S/c1-4-8-19-15(21)12-7-6-11(9-13(12)18-16(19)22)14(20)17-10(3)5-2/h6-7,9-10H,4-5,8H2,1-3H3,(H,17,20)(H,18,22). The molecule has 0 fully saturated rings. The molecule has 5 nitrogen and oxygen atoms in total. The van der Waals surface area contributed by atoms with Crippen molar-refractivity contribution in [3.05, 3.63) is 38.9 Å². The van der Waals surface area contributed by atoms with E-state index >= 15 is 0 Å². The quantitative estimate of drug-likeness (QED) is 0.833. The molecule has 1 amide bonds. The van der Waals surface area contributed by atoms with E-state index in [1.54, 1.807) is 22.8 Å². The second kappa shape index (κ2) is 6.87. The van der Waals surface area contributed by atoms with Crippen molar-refractivity contribution in [2.24, 2.45) is 0 Å². The molecule has 2 rings (SSSR count). The van der Waals surface area contributed by atoms with E-state index < -0.39 is 0 Å². The first-order chi connectivity index (χ1) is 10.5. The second-order valence-corrected chi connectivity index (χ2v) is 5.82. The molecule has 0 radical (unpaired) electrons. The number of carbonyl (C=O) groups excluding carboxylic acids is 1. The van der Waals surface area contributed by atoms with Crippen LogP contribution in [0, 0.1) is 4.77 Å². The molecular formula is C16H21N3O2S. The van der Waals surface area contributed by atoms with Gasteiger partial charge in [-0.2, -0.15) is 0 Å². The number of aromatic amines is 1. The van der Waals surface area contributed by atoms with E-state index in [0.29, 0.717) is 27.8 Å². The Morgan fingerprint density at radius 1 is 1.41 bits per heavy atom. The zero-order valence-corrected chi connectivity index (χ0v) is 13.9. The fourth-order valence-corrected chi connectivity index (χ4v) is 2.52. The number of fused-ring (bicyclic) bond motifs is 1. The maximum absolute atomic E-state index is 12.4. The van der Waals surface area contributed by atoms with Crippen LogP contribution in [0.1, 0.15) is 44.0 Å². The van der Waals surface area contributed by atoms with Crippen LogP contribution in [0.4, 0.5) is 0 Å². The maximum Gasteiger partial charge on any atom is 0.262 e. The van der Waals surface area contributed by atoms with Crippen molar-refractivity contribution >= 4 is 29.0 Å². The van der Waals surface area contributed by atoms with Gasteiger partial charge in [0.05, 0.1) is 10.9 Å². The molecule has 0 bridgehead atoms. The van der Waals surface area contributed by atoms with Crippen molar-refractivity contribution in [1.82, 2.24) is 14.9 Å². The zero-order valence-electron chi connectivity index (χ0n) is 13.1. The Balaban J connectivity index is 2.48. The van der Waals surface area contributed by atoms with Crippen LogP contribution in [-0.4, -0.2) is 21.5 Å². The normalized spacial score (nSPS) is 12.3. The highest BCUT2D eigenvalue weighted by Crippen LogP contribution is 2.11. The van der Waals surface area contributed by atoms with E-state index in [-0.39, 0.29) is 17.5 Å². The lowest BCUT2D eigenvalue weighted by atomic mass is 10.1. The first-order valence-corrected chi connectivity index (χ1v) is 7.96. The van der Waals surface area contributed by atoms with Gasteiger partial charge in [-0.25, -0.2) is 0 Å². The molecule has 1 aromatic heterocycles. The molecule has 0 aliphatic rings. The fraction of sp³-hybridized carbons (Fsp3) is 0.438. The highest BCUT2D eigenvalue weighted by molar-refractivity contribution is 7.71. The smallest absolute Gasteiger partial charge is 0.262 e. The van der Waals surface area contributed by atoms with Gasteiger partial charge in [0.25, 0.3) is 11.5 Å². The van der Waals surface area contributed by atoms with Crippen molar-refractivity contribution < 1.29 is 4.79 Å². The van der Waals surface area contributed by atoms with Crippen molar-refractivity contribution in [2.45, 2.75) is 46.2 Å². The van der Waals surface area contributed by atoms with Gasteiger partial charge in [0.15, 0.2) is 4.77 Å². The number of nitrogens with one attached hydrogen (secondary N) is 2. The predicted octanol–water partition coefficient (Wildman–Crippen LogP) is 3.00. The molecule has 1 heterocycles. The van der Waals surface area contributed by atoms with Crippen molar-refractivity contribution in [3.8, 4) is 0 Å². The van der Waals surface area contributed by atoms with Crippen molar-refractivity contribution in [1.29, 1.82) is 0 Å². The number of aromatic nitrogens is 2. The molecule has 0 saturated carbocycles. The molecule has 22 heavy (non-hydrogen) atoms. The van der Waals surface area contributed by atoms with Gasteiger partial charge in [0, 0.05) is 18.2 Å². The van der Waals surface area contributed by atoms with E-state index in [2.05, 4.69) is 10.3 Å². The first kappa shape index (κ1) is 16.4. The number of hydrogen-bond acceptors (Lipinski definition) is 3. The number of hydrogen-bond donors (Lipinski definition) is 2. The summed E-state index contributed by atoms with van der Waals surface area (Å²) in [5, 5.41) is 3.45. The minimum Gasteiger partial charge on any atom is -0.350 e. The third kappa shape index (κ3) is 3.27. The van der Waals surface area contributed by atoms with E-state index in [4.69, 9.17) is 12.2 Å². The number of amides is 1. The summed E-state index contributed by atoms with van der Waals surface area (Å²) < 4.78 is 1.94. The van der Waals surface area contributed by atoms with Crippen LogP contribution >= 0.6 is 12.2 Å². The van der Waals surface area contributed by atoms with Gasteiger partial charge in [-0.05, 0) is 50.2 Å². The molecular weight excluding hydrogens is 298 g/mol. The SMILES string of the molecule is CCCn1c(=S)[nH]c2cc(C(=O)NC(C)CC)ccc2c1=O.